The summed E-state index contributed by atoms with van der Waals surface area (Å²) in [5, 5.41) is 2.92. The maximum atomic E-state index is 12.0. The molecule has 134 valence electrons. The molecule has 0 spiro atoms. The maximum absolute atomic E-state index is 12.0. The molecule has 2 aromatic rings. The van der Waals surface area contributed by atoms with Crippen LogP contribution >= 0.6 is 0 Å². The summed E-state index contributed by atoms with van der Waals surface area (Å²) in [4.78, 5) is 12.0. The topological polar surface area (TPSA) is 75.3 Å². The van der Waals surface area contributed by atoms with Gasteiger partial charge in [0, 0.05) is 12.2 Å². The molecule has 5 nitrogen and oxygen atoms in total. The van der Waals surface area contributed by atoms with E-state index in [1.165, 1.54) is 16.7 Å². The number of aryl methyl sites for hydroxylation is 2. The maximum Gasteiger partial charge on any atom is 0.229 e. The molecule has 0 fully saturated rings. The molecule has 25 heavy (non-hydrogen) atoms. The number of hydrogen-bond acceptors (Lipinski definition) is 3. The van der Waals surface area contributed by atoms with Crippen LogP contribution in [0.25, 0.3) is 0 Å². The first-order valence-electron chi connectivity index (χ1n) is 8.12. The van der Waals surface area contributed by atoms with Crippen LogP contribution in [-0.2, 0) is 27.7 Å². The molecular weight excluding hydrogens is 336 g/mol. The lowest BCUT2D eigenvalue weighted by molar-refractivity contribution is -0.120. The normalized spacial score (nSPS) is 11.2. The third-order valence-electron chi connectivity index (χ3n) is 3.93. The molecule has 0 aliphatic carbocycles. The van der Waals surface area contributed by atoms with E-state index in [0.29, 0.717) is 12.2 Å². The highest BCUT2D eigenvalue weighted by molar-refractivity contribution is 7.92. The van der Waals surface area contributed by atoms with E-state index in [9.17, 15) is 13.2 Å². The summed E-state index contributed by atoms with van der Waals surface area (Å²) < 4.78 is 24.7. The van der Waals surface area contributed by atoms with Gasteiger partial charge in [-0.1, -0.05) is 30.3 Å². The minimum absolute atomic E-state index is 0.0485. The summed E-state index contributed by atoms with van der Waals surface area (Å²) in [5.74, 6) is -0.0485. The van der Waals surface area contributed by atoms with Gasteiger partial charge < -0.3 is 5.32 Å². The van der Waals surface area contributed by atoms with Crippen molar-refractivity contribution in [3.8, 4) is 0 Å². The van der Waals surface area contributed by atoms with Crippen molar-refractivity contribution in [3.63, 3.8) is 0 Å². The SMILES string of the molecule is Cc1ccc(CCNC(=O)Cc2ccc(NS(C)(=O)=O)cc2)cc1C. The standard InChI is InChI=1S/C19H24N2O3S/c1-14-4-5-17(12-15(14)2)10-11-20-19(22)13-16-6-8-18(9-7-16)21-25(3,23)24/h4-9,12,21H,10-11,13H2,1-3H3,(H,20,22). The highest BCUT2D eigenvalue weighted by atomic mass is 32.2. The number of benzene rings is 2. The second-order valence-electron chi connectivity index (χ2n) is 6.27. The van der Waals surface area contributed by atoms with E-state index in [2.05, 4.69) is 42.1 Å². The van der Waals surface area contributed by atoms with Crippen molar-refractivity contribution in [2.24, 2.45) is 0 Å². The van der Waals surface area contributed by atoms with Gasteiger partial charge in [0.2, 0.25) is 15.9 Å². The van der Waals surface area contributed by atoms with Crippen molar-refractivity contribution in [1.29, 1.82) is 0 Å². The van der Waals surface area contributed by atoms with Gasteiger partial charge in [-0.15, -0.1) is 0 Å². The van der Waals surface area contributed by atoms with E-state index in [4.69, 9.17) is 0 Å². The fourth-order valence-corrected chi connectivity index (χ4v) is 3.02. The van der Waals surface area contributed by atoms with E-state index in [1.807, 2.05) is 0 Å². The summed E-state index contributed by atoms with van der Waals surface area (Å²) in [6.07, 6.45) is 2.17. The predicted molar refractivity (Wildman–Crippen MR) is 101 cm³/mol. The molecule has 0 radical (unpaired) electrons. The van der Waals surface area contributed by atoms with Crippen LogP contribution in [-0.4, -0.2) is 27.1 Å². The van der Waals surface area contributed by atoms with Crippen LogP contribution in [0, 0.1) is 13.8 Å². The fraction of sp³-hybridized carbons (Fsp3) is 0.316. The van der Waals surface area contributed by atoms with Crippen molar-refractivity contribution in [2.45, 2.75) is 26.7 Å². The summed E-state index contributed by atoms with van der Waals surface area (Å²) in [7, 11) is -3.29. The summed E-state index contributed by atoms with van der Waals surface area (Å²) in [5.41, 5.74) is 5.05. The minimum Gasteiger partial charge on any atom is -0.355 e. The van der Waals surface area contributed by atoms with Crippen LogP contribution in [0.5, 0.6) is 0 Å². The Morgan fingerprint density at radius 2 is 1.60 bits per heavy atom. The number of amides is 1. The lowest BCUT2D eigenvalue weighted by atomic mass is 10.0. The lowest BCUT2D eigenvalue weighted by Crippen LogP contribution is -2.27. The van der Waals surface area contributed by atoms with Crippen LogP contribution < -0.4 is 10.0 Å². The Balaban J connectivity index is 1.80. The molecule has 0 aromatic heterocycles. The molecule has 1 amide bonds. The highest BCUT2D eigenvalue weighted by Crippen LogP contribution is 2.12. The van der Waals surface area contributed by atoms with Gasteiger partial charge in [0.15, 0.2) is 0 Å². The van der Waals surface area contributed by atoms with E-state index < -0.39 is 10.0 Å². The van der Waals surface area contributed by atoms with E-state index in [-0.39, 0.29) is 12.3 Å². The number of carbonyl (C=O) groups excluding carboxylic acids is 1. The average molecular weight is 360 g/mol. The molecule has 0 unspecified atom stereocenters. The van der Waals surface area contributed by atoms with Crippen molar-refractivity contribution >= 4 is 21.6 Å². The van der Waals surface area contributed by atoms with Gasteiger partial charge in [-0.2, -0.15) is 0 Å². The zero-order chi connectivity index (χ0) is 18.4. The van der Waals surface area contributed by atoms with Gasteiger partial charge in [0.25, 0.3) is 0 Å². The molecular formula is C19H24N2O3S. The molecule has 0 aliphatic rings. The van der Waals surface area contributed by atoms with Gasteiger partial charge in [-0.25, -0.2) is 8.42 Å². The Hall–Kier alpha value is -2.34. The van der Waals surface area contributed by atoms with Gasteiger partial charge in [0.05, 0.1) is 12.7 Å². The first-order valence-corrected chi connectivity index (χ1v) is 10.0. The van der Waals surface area contributed by atoms with E-state index >= 15 is 0 Å². The largest absolute Gasteiger partial charge is 0.355 e. The van der Waals surface area contributed by atoms with Gasteiger partial charge >= 0.3 is 0 Å². The third-order valence-corrected chi connectivity index (χ3v) is 4.54. The second kappa shape index (κ2) is 8.16. The number of anilines is 1. The molecule has 0 heterocycles. The van der Waals surface area contributed by atoms with Gasteiger partial charge in [0.1, 0.15) is 0 Å². The molecule has 2 rings (SSSR count). The van der Waals surface area contributed by atoms with Gasteiger partial charge in [-0.05, 0) is 54.7 Å². The van der Waals surface area contributed by atoms with Gasteiger partial charge in [-0.3, -0.25) is 9.52 Å². The number of nitrogens with one attached hydrogen (secondary N) is 2. The number of carbonyl (C=O) groups is 1. The number of hydrogen-bond donors (Lipinski definition) is 2. The number of sulfonamides is 1. The third kappa shape index (κ3) is 6.58. The van der Waals surface area contributed by atoms with Crippen molar-refractivity contribution in [1.82, 2.24) is 5.32 Å². The Morgan fingerprint density at radius 1 is 0.960 bits per heavy atom. The average Bonchev–Trinajstić information content (AvgIpc) is 2.51. The summed E-state index contributed by atoms with van der Waals surface area (Å²) in [6.45, 7) is 4.76. The van der Waals surface area contributed by atoms with Crippen LogP contribution in [0.1, 0.15) is 22.3 Å². The van der Waals surface area contributed by atoms with Crippen LogP contribution in [0.3, 0.4) is 0 Å². The molecule has 0 atom stereocenters. The second-order valence-corrected chi connectivity index (χ2v) is 8.01. The zero-order valence-corrected chi connectivity index (χ0v) is 15.6. The zero-order valence-electron chi connectivity index (χ0n) is 14.8. The van der Waals surface area contributed by atoms with Crippen molar-refractivity contribution in [3.05, 3.63) is 64.7 Å². The van der Waals surface area contributed by atoms with Crippen molar-refractivity contribution < 1.29 is 13.2 Å². The number of rotatable bonds is 7. The van der Waals surface area contributed by atoms with E-state index in [1.54, 1.807) is 24.3 Å². The monoisotopic (exact) mass is 360 g/mol. The molecule has 0 saturated heterocycles. The molecule has 0 aliphatic heterocycles. The van der Waals surface area contributed by atoms with Crippen LogP contribution in [0.4, 0.5) is 5.69 Å². The molecule has 2 aromatic carbocycles. The Labute approximate surface area is 149 Å². The quantitative estimate of drug-likeness (QED) is 0.797. The first-order chi connectivity index (χ1) is 11.7. The Bertz CT molecular complexity index is 843. The van der Waals surface area contributed by atoms with Crippen molar-refractivity contribution in [2.75, 3.05) is 17.5 Å². The highest BCUT2D eigenvalue weighted by Gasteiger charge is 2.05. The summed E-state index contributed by atoms with van der Waals surface area (Å²) in [6, 6.07) is 13.1. The van der Waals surface area contributed by atoms with E-state index in [0.717, 1.165) is 18.2 Å². The molecule has 2 N–H and O–H groups in total. The summed E-state index contributed by atoms with van der Waals surface area (Å²) >= 11 is 0. The first kappa shape index (κ1) is 19.0. The Kier molecular flexibility index (Phi) is 6.20. The fourth-order valence-electron chi connectivity index (χ4n) is 2.46. The predicted octanol–water partition coefficient (Wildman–Crippen LogP) is 2.58. The molecule has 0 bridgehead atoms. The minimum atomic E-state index is -3.29. The lowest BCUT2D eigenvalue weighted by Gasteiger charge is -2.08. The van der Waals surface area contributed by atoms with Crippen LogP contribution in [0.15, 0.2) is 42.5 Å². The smallest absolute Gasteiger partial charge is 0.229 e. The Morgan fingerprint density at radius 3 is 2.20 bits per heavy atom. The molecule has 0 saturated carbocycles. The van der Waals surface area contributed by atoms with Crippen LogP contribution in [0.2, 0.25) is 0 Å². The molecule has 6 heteroatoms.